The molecule has 0 spiro atoms. The monoisotopic (exact) mass is 579 g/mol. The molecule has 3 atom stereocenters. The Morgan fingerprint density at radius 1 is 1.12 bits per heavy atom. The second-order valence-electron chi connectivity index (χ2n) is 12.4. The highest BCUT2D eigenvalue weighted by Crippen LogP contribution is 2.26. The van der Waals surface area contributed by atoms with Gasteiger partial charge in [-0.15, -0.1) is 0 Å². The highest BCUT2D eigenvalue weighted by molar-refractivity contribution is 5.94. The molecule has 10 nitrogen and oxygen atoms in total. The molecule has 1 aromatic carbocycles. The van der Waals surface area contributed by atoms with Crippen molar-refractivity contribution in [2.45, 2.75) is 85.4 Å². The van der Waals surface area contributed by atoms with E-state index < -0.39 is 41.3 Å². The van der Waals surface area contributed by atoms with Crippen molar-refractivity contribution in [3.8, 4) is 0 Å². The van der Waals surface area contributed by atoms with Crippen molar-refractivity contribution < 1.29 is 24.3 Å². The lowest BCUT2D eigenvalue weighted by Crippen LogP contribution is -2.61. The molecule has 42 heavy (non-hydrogen) atoms. The van der Waals surface area contributed by atoms with Gasteiger partial charge in [0.1, 0.15) is 18.1 Å². The van der Waals surface area contributed by atoms with Crippen LogP contribution in [-0.4, -0.2) is 75.4 Å². The average Bonchev–Trinajstić information content (AvgIpc) is 2.94. The van der Waals surface area contributed by atoms with Gasteiger partial charge in [-0.1, -0.05) is 58.0 Å². The fourth-order valence-corrected chi connectivity index (χ4v) is 5.18. The van der Waals surface area contributed by atoms with Gasteiger partial charge >= 0.3 is 5.97 Å². The minimum Gasteiger partial charge on any atom is -0.480 e. The van der Waals surface area contributed by atoms with E-state index in [9.17, 15) is 24.3 Å². The number of hydrogen-bond donors (Lipinski definition) is 3. The van der Waals surface area contributed by atoms with Gasteiger partial charge in [-0.2, -0.15) is 0 Å². The number of hydrazine groups is 1. The standard InChI is InChI=1S/C32H45N5O5/c1-19(2)24-14-13-23-12-11-22(18-26(23)34-24)15-16-32(6,7)31(42)36(8)27(20(3)4)28(38)33-21(5)29(39)37-17-9-10-25(35-37)30(40)41/h11-16,18-21,25,27,35H,9-10,17H2,1-8H3,(H,33,38)(H,40,41)/b16-15+/t21-,25-,27-/m0/s1. The van der Waals surface area contributed by atoms with E-state index in [2.05, 4.69) is 30.7 Å². The van der Waals surface area contributed by atoms with Crippen molar-refractivity contribution in [3.05, 3.63) is 47.7 Å². The highest BCUT2D eigenvalue weighted by Gasteiger charge is 2.38. The topological polar surface area (TPSA) is 132 Å². The minimum absolute atomic E-state index is 0.229. The molecule has 2 heterocycles. The van der Waals surface area contributed by atoms with Crippen LogP contribution in [-0.2, 0) is 19.2 Å². The maximum atomic E-state index is 13.7. The first-order valence-corrected chi connectivity index (χ1v) is 14.6. The van der Waals surface area contributed by atoms with Crippen LogP contribution in [0.1, 0.15) is 78.5 Å². The number of fused-ring (bicyclic) bond motifs is 1. The van der Waals surface area contributed by atoms with Gasteiger partial charge in [-0.25, -0.2) is 5.43 Å². The molecule has 0 saturated carbocycles. The number of amides is 3. The van der Waals surface area contributed by atoms with E-state index in [0.717, 1.165) is 22.2 Å². The molecule has 1 saturated heterocycles. The highest BCUT2D eigenvalue weighted by atomic mass is 16.4. The van der Waals surface area contributed by atoms with Crippen molar-refractivity contribution >= 4 is 40.7 Å². The number of benzene rings is 1. The van der Waals surface area contributed by atoms with E-state index in [4.69, 9.17) is 4.98 Å². The lowest BCUT2D eigenvalue weighted by molar-refractivity contribution is -0.149. The Kier molecular flexibility index (Phi) is 10.5. The summed E-state index contributed by atoms with van der Waals surface area (Å²) in [5.74, 6) is -2.06. The summed E-state index contributed by atoms with van der Waals surface area (Å²) in [5.41, 5.74) is 4.63. The van der Waals surface area contributed by atoms with E-state index in [1.165, 1.54) is 9.91 Å². The zero-order valence-electron chi connectivity index (χ0n) is 26.0. The largest absolute Gasteiger partial charge is 0.480 e. The first-order valence-electron chi connectivity index (χ1n) is 14.6. The molecule has 1 aliphatic heterocycles. The van der Waals surface area contributed by atoms with Gasteiger partial charge in [0, 0.05) is 24.7 Å². The number of nitrogens with one attached hydrogen (secondary N) is 2. The molecule has 10 heteroatoms. The van der Waals surface area contributed by atoms with Crippen LogP contribution in [0.3, 0.4) is 0 Å². The molecule has 1 aromatic heterocycles. The fourth-order valence-electron chi connectivity index (χ4n) is 5.18. The smallest absolute Gasteiger partial charge is 0.322 e. The van der Waals surface area contributed by atoms with Crippen LogP contribution >= 0.6 is 0 Å². The third-order valence-electron chi connectivity index (χ3n) is 7.69. The Morgan fingerprint density at radius 2 is 1.79 bits per heavy atom. The van der Waals surface area contributed by atoms with Crippen LogP contribution in [0.25, 0.3) is 17.0 Å². The third-order valence-corrected chi connectivity index (χ3v) is 7.69. The fraction of sp³-hybridized carbons (Fsp3) is 0.531. The van der Waals surface area contributed by atoms with Crippen LogP contribution in [0, 0.1) is 11.3 Å². The van der Waals surface area contributed by atoms with Crippen LogP contribution in [0.4, 0.5) is 0 Å². The zero-order valence-corrected chi connectivity index (χ0v) is 26.0. The summed E-state index contributed by atoms with van der Waals surface area (Å²) in [5, 5.41) is 14.3. The molecule has 0 radical (unpaired) electrons. The average molecular weight is 580 g/mol. The quantitative estimate of drug-likeness (QED) is 0.388. The summed E-state index contributed by atoms with van der Waals surface area (Å²) in [4.78, 5) is 57.6. The first kappa shape index (κ1) is 32.7. The number of carbonyl (C=O) groups is 4. The number of hydrogen-bond acceptors (Lipinski definition) is 6. The summed E-state index contributed by atoms with van der Waals surface area (Å²) < 4.78 is 0. The number of carboxylic acid groups (broad SMARTS) is 1. The summed E-state index contributed by atoms with van der Waals surface area (Å²) in [6, 6.07) is 7.52. The predicted octanol–water partition coefficient (Wildman–Crippen LogP) is 3.97. The van der Waals surface area contributed by atoms with Crippen molar-refractivity contribution in [1.82, 2.24) is 25.6 Å². The number of rotatable bonds is 10. The molecule has 0 aliphatic carbocycles. The zero-order chi connectivity index (χ0) is 31.4. The Morgan fingerprint density at radius 3 is 2.40 bits per heavy atom. The molecule has 3 amide bonds. The second kappa shape index (κ2) is 13.5. The van der Waals surface area contributed by atoms with Crippen LogP contribution in [0.5, 0.6) is 0 Å². The molecule has 0 unspecified atom stereocenters. The van der Waals surface area contributed by atoms with Gasteiger partial charge in [-0.05, 0) is 63.1 Å². The number of nitrogens with zero attached hydrogens (tertiary/aromatic N) is 3. The first-order chi connectivity index (χ1) is 19.6. The summed E-state index contributed by atoms with van der Waals surface area (Å²) in [7, 11) is 1.60. The number of likely N-dealkylation sites (N-methyl/N-ethyl adjacent to an activating group) is 1. The number of aromatic nitrogens is 1. The molecular formula is C32H45N5O5. The molecular weight excluding hydrogens is 534 g/mol. The SMILES string of the molecule is CC(C)c1ccc2ccc(/C=C/C(C)(C)C(=O)N(C)[C@H](C(=O)N[C@@H](C)C(=O)N3CCC[C@@H](C(=O)O)N3)C(C)C)cc2n1. The van der Waals surface area contributed by atoms with Crippen molar-refractivity contribution in [2.75, 3.05) is 13.6 Å². The number of carboxylic acids is 1. The van der Waals surface area contributed by atoms with Gasteiger partial charge in [0.15, 0.2) is 0 Å². The van der Waals surface area contributed by atoms with Gasteiger partial charge in [0.25, 0.3) is 5.91 Å². The van der Waals surface area contributed by atoms with Crippen molar-refractivity contribution in [1.29, 1.82) is 0 Å². The predicted molar refractivity (Wildman–Crippen MR) is 163 cm³/mol. The molecule has 2 aromatic rings. The lowest BCUT2D eigenvalue weighted by Gasteiger charge is -2.36. The van der Waals surface area contributed by atoms with Gasteiger partial charge in [0.05, 0.1) is 10.9 Å². The van der Waals surface area contributed by atoms with Gasteiger partial charge < -0.3 is 15.3 Å². The van der Waals surface area contributed by atoms with E-state index in [0.29, 0.717) is 25.3 Å². The molecule has 3 N–H and O–H groups in total. The van der Waals surface area contributed by atoms with Crippen LogP contribution < -0.4 is 10.7 Å². The van der Waals surface area contributed by atoms with Crippen molar-refractivity contribution in [3.63, 3.8) is 0 Å². The molecule has 1 fully saturated rings. The van der Waals surface area contributed by atoms with Crippen LogP contribution in [0.2, 0.25) is 0 Å². The van der Waals surface area contributed by atoms with E-state index >= 15 is 0 Å². The number of aliphatic carboxylic acids is 1. The Labute approximate surface area is 248 Å². The number of pyridine rings is 1. The molecule has 1 aliphatic rings. The second-order valence-corrected chi connectivity index (χ2v) is 12.4. The maximum Gasteiger partial charge on any atom is 0.322 e. The summed E-state index contributed by atoms with van der Waals surface area (Å²) in [6.07, 6.45) is 4.69. The van der Waals surface area contributed by atoms with E-state index in [1.807, 2.05) is 50.3 Å². The summed E-state index contributed by atoms with van der Waals surface area (Å²) in [6.45, 7) is 13.4. The van der Waals surface area contributed by atoms with Gasteiger partial charge in [-0.3, -0.25) is 29.2 Å². The third kappa shape index (κ3) is 7.73. The molecule has 228 valence electrons. The Bertz CT molecular complexity index is 1350. The summed E-state index contributed by atoms with van der Waals surface area (Å²) >= 11 is 0. The Hall–Kier alpha value is -3.79. The normalized spacial score (nSPS) is 17.5. The molecule has 0 bridgehead atoms. The lowest BCUT2D eigenvalue weighted by atomic mass is 9.88. The van der Waals surface area contributed by atoms with Crippen molar-refractivity contribution in [2.24, 2.45) is 11.3 Å². The Balaban J connectivity index is 1.71. The van der Waals surface area contributed by atoms with Gasteiger partial charge in [0.2, 0.25) is 11.8 Å². The van der Waals surface area contributed by atoms with E-state index in [1.54, 1.807) is 27.8 Å². The van der Waals surface area contributed by atoms with E-state index in [-0.39, 0.29) is 11.8 Å². The minimum atomic E-state index is -1.03. The molecule has 3 rings (SSSR count). The number of carbonyl (C=O) groups excluding carboxylic acids is 3. The maximum absolute atomic E-state index is 13.7. The van der Waals surface area contributed by atoms with Crippen LogP contribution in [0.15, 0.2) is 36.4 Å².